The van der Waals surface area contributed by atoms with Crippen LogP contribution in [-0.4, -0.2) is 10.2 Å². The number of carbonyl (C=O) groups excluding carboxylic acids is 1. The minimum Gasteiger partial charge on any atom is -0.488 e. The van der Waals surface area contributed by atoms with Crippen LogP contribution in [0, 0.1) is 0 Å². The lowest BCUT2D eigenvalue weighted by Crippen LogP contribution is -2.27. The maximum absolute atomic E-state index is 13.4. The van der Waals surface area contributed by atoms with E-state index in [0.717, 1.165) is 26.4 Å². The molecule has 0 radical (unpaired) electrons. The third-order valence-electron chi connectivity index (χ3n) is 5.47. The summed E-state index contributed by atoms with van der Waals surface area (Å²) in [6, 6.07) is 24.8. The summed E-state index contributed by atoms with van der Waals surface area (Å²) in [7, 11) is 0. The average molecular weight is 601 g/mol. The molecule has 8 heteroatoms. The summed E-state index contributed by atoms with van der Waals surface area (Å²) in [4.78, 5) is 15.4. The number of hydrogen-bond donors (Lipinski definition) is 0. The predicted octanol–water partition coefficient (Wildman–Crippen LogP) is 8.89. The normalized spacial score (nSPS) is 14.8. The van der Waals surface area contributed by atoms with Crippen molar-refractivity contribution < 1.29 is 9.53 Å². The zero-order valence-corrected chi connectivity index (χ0v) is 22.7. The number of rotatable bonds is 5. The van der Waals surface area contributed by atoms with E-state index in [1.165, 1.54) is 16.7 Å². The molecule has 4 aromatic carbocycles. The Labute approximate surface area is 230 Å². The fraction of sp³-hybridized carbons (Fsp3) is 0.0370. The number of halogens is 3. The fourth-order valence-corrected chi connectivity index (χ4v) is 5.57. The summed E-state index contributed by atoms with van der Waals surface area (Å²) >= 11 is 22.5. The zero-order chi connectivity index (χ0) is 24.5. The highest BCUT2D eigenvalue weighted by molar-refractivity contribution is 9.10. The third-order valence-corrected chi connectivity index (χ3v) is 8.26. The van der Waals surface area contributed by atoms with Crippen LogP contribution in [-0.2, 0) is 11.4 Å². The molecule has 1 aliphatic rings. The van der Waals surface area contributed by atoms with Gasteiger partial charge >= 0.3 is 0 Å². The Morgan fingerprint density at radius 1 is 1.00 bits per heavy atom. The summed E-state index contributed by atoms with van der Waals surface area (Å²) in [6.45, 7) is 0.370. The lowest BCUT2D eigenvalue weighted by atomic mass is 10.0. The maximum atomic E-state index is 13.4. The third kappa shape index (κ3) is 5.13. The second-order valence-corrected chi connectivity index (χ2v) is 11.1. The van der Waals surface area contributed by atoms with Gasteiger partial charge in [0.2, 0.25) is 0 Å². The molecular weight excluding hydrogens is 585 g/mol. The first-order valence-corrected chi connectivity index (χ1v) is 13.3. The molecule has 35 heavy (non-hydrogen) atoms. The number of benzene rings is 4. The van der Waals surface area contributed by atoms with Gasteiger partial charge in [-0.05, 0) is 74.7 Å². The molecule has 0 saturated carbocycles. The van der Waals surface area contributed by atoms with Crippen LogP contribution in [0.4, 0.5) is 5.69 Å². The van der Waals surface area contributed by atoms with Crippen molar-refractivity contribution >= 4 is 95.9 Å². The molecule has 5 rings (SSSR count). The number of amides is 1. The van der Waals surface area contributed by atoms with Gasteiger partial charge in [-0.2, -0.15) is 0 Å². The lowest BCUT2D eigenvalue weighted by molar-refractivity contribution is -0.113. The average Bonchev–Trinajstić information content (AvgIpc) is 3.14. The first kappa shape index (κ1) is 24.3. The summed E-state index contributed by atoms with van der Waals surface area (Å²) in [6.07, 6.45) is 1.86. The number of ether oxygens (including phenoxy) is 1. The second kappa shape index (κ2) is 10.3. The van der Waals surface area contributed by atoms with E-state index >= 15 is 0 Å². The molecule has 1 heterocycles. The van der Waals surface area contributed by atoms with Crippen LogP contribution in [0.1, 0.15) is 11.1 Å². The first-order chi connectivity index (χ1) is 16.9. The van der Waals surface area contributed by atoms with E-state index in [0.29, 0.717) is 37.3 Å². The van der Waals surface area contributed by atoms with Gasteiger partial charge in [-0.25, -0.2) is 0 Å². The smallest absolute Gasteiger partial charge is 0.270 e. The molecule has 3 nitrogen and oxygen atoms in total. The minimum absolute atomic E-state index is 0.199. The molecule has 1 amide bonds. The number of anilines is 1. The molecular formula is C27H16BrCl2NO2S2. The van der Waals surface area contributed by atoms with Gasteiger partial charge in [0.1, 0.15) is 12.4 Å². The van der Waals surface area contributed by atoms with E-state index in [4.69, 9.17) is 40.2 Å². The molecule has 0 N–H and O–H groups in total. The Hall–Kier alpha value is -2.35. The van der Waals surface area contributed by atoms with Crippen molar-refractivity contribution in [1.82, 2.24) is 0 Å². The van der Waals surface area contributed by atoms with Crippen LogP contribution >= 0.6 is 63.1 Å². The highest BCUT2D eigenvalue weighted by atomic mass is 79.9. The van der Waals surface area contributed by atoms with E-state index in [-0.39, 0.29) is 5.91 Å². The molecule has 0 spiro atoms. The van der Waals surface area contributed by atoms with Crippen LogP contribution in [0.25, 0.3) is 16.8 Å². The van der Waals surface area contributed by atoms with Crippen molar-refractivity contribution in [1.29, 1.82) is 0 Å². The monoisotopic (exact) mass is 599 g/mol. The highest BCUT2D eigenvalue weighted by Gasteiger charge is 2.34. The van der Waals surface area contributed by atoms with Crippen molar-refractivity contribution in [3.05, 3.63) is 109 Å². The molecule has 1 saturated heterocycles. The van der Waals surface area contributed by atoms with Crippen molar-refractivity contribution in [3.63, 3.8) is 0 Å². The number of nitrogens with zero attached hydrogens (tertiary/aromatic N) is 1. The van der Waals surface area contributed by atoms with Gasteiger partial charge in [0.15, 0.2) is 4.32 Å². The van der Waals surface area contributed by atoms with E-state index in [1.54, 1.807) is 12.1 Å². The first-order valence-electron chi connectivity index (χ1n) is 10.5. The second-order valence-electron chi connectivity index (χ2n) is 7.73. The number of thiocarbonyl (C=S) groups is 1. The van der Waals surface area contributed by atoms with E-state index in [9.17, 15) is 4.79 Å². The van der Waals surface area contributed by atoms with Gasteiger partial charge in [0.25, 0.3) is 5.91 Å². The van der Waals surface area contributed by atoms with Crippen molar-refractivity contribution in [3.8, 4) is 5.75 Å². The van der Waals surface area contributed by atoms with Crippen molar-refractivity contribution in [2.24, 2.45) is 0 Å². The summed E-state index contributed by atoms with van der Waals surface area (Å²) in [5, 5.41) is 3.22. The zero-order valence-electron chi connectivity index (χ0n) is 18.0. The lowest BCUT2D eigenvalue weighted by Gasteiger charge is -2.15. The van der Waals surface area contributed by atoms with E-state index in [1.807, 2.05) is 72.8 Å². The van der Waals surface area contributed by atoms with Gasteiger partial charge in [-0.15, -0.1) is 0 Å². The van der Waals surface area contributed by atoms with Gasteiger partial charge in [-0.1, -0.05) is 89.6 Å². The molecule has 4 aromatic rings. The highest BCUT2D eigenvalue weighted by Crippen LogP contribution is 2.40. The van der Waals surface area contributed by atoms with Gasteiger partial charge in [0, 0.05) is 15.1 Å². The Morgan fingerprint density at radius 3 is 2.54 bits per heavy atom. The Balaban J connectivity index is 1.52. The summed E-state index contributed by atoms with van der Waals surface area (Å²) < 4.78 is 7.41. The standard InChI is InChI=1S/C27H16BrCl2NO2S2/c28-22-11-10-19(13-23(22)30)31-26(32)25(35-27(31)34)14-21-20-4-2-1-3-17(20)7-12-24(21)33-15-16-5-8-18(29)9-6-16/h1-14H,15H2/b25-14+. The van der Waals surface area contributed by atoms with Crippen molar-refractivity contribution in [2.45, 2.75) is 6.61 Å². The molecule has 174 valence electrons. The Morgan fingerprint density at radius 2 is 1.77 bits per heavy atom. The molecule has 0 unspecified atom stereocenters. The number of fused-ring (bicyclic) bond motifs is 1. The van der Waals surface area contributed by atoms with Crippen LogP contribution in [0.2, 0.25) is 10.0 Å². The minimum atomic E-state index is -0.199. The topological polar surface area (TPSA) is 29.5 Å². The molecule has 0 atom stereocenters. The van der Waals surface area contributed by atoms with E-state index < -0.39 is 0 Å². The predicted molar refractivity (Wildman–Crippen MR) is 155 cm³/mol. The summed E-state index contributed by atoms with van der Waals surface area (Å²) in [5.74, 6) is 0.477. The Bertz CT molecular complexity index is 1510. The fourth-order valence-electron chi connectivity index (χ4n) is 3.74. The number of thioether (sulfide) groups is 1. The van der Waals surface area contributed by atoms with Crippen LogP contribution in [0.3, 0.4) is 0 Å². The molecule has 0 aliphatic carbocycles. The molecule has 1 aliphatic heterocycles. The largest absolute Gasteiger partial charge is 0.488 e. The SMILES string of the molecule is O=C1/C(=C\c2c(OCc3ccc(Cl)cc3)ccc3ccccc23)SC(=S)N1c1ccc(Br)c(Cl)c1. The maximum Gasteiger partial charge on any atom is 0.270 e. The quantitative estimate of drug-likeness (QED) is 0.169. The Kier molecular flexibility index (Phi) is 7.19. The van der Waals surface area contributed by atoms with Crippen LogP contribution < -0.4 is 9.64 Å². The van der Waals surface area contributed by atoms with Crippen molar-refractivity contribution in [2.75, 3.05) is 4.90 Å². The molecule has 1 fully saturated rings. The van der Waals surface area contributed by atoms with E-state index in [2.05, 4.69) is 15.9 Å². The number of hydrogen-bond acceptors (Lipinski definition) is 4. The van der Waals surface area contributed by atoms with Gasteiger partial charge < -0.3 is 4.74 Å². The van der Waals surface area contributed by atoms with Gasteiger partial charge in [-0.3, -0.25) is 9.69 Å². The number of carbonyl (C=O) groups is 1. The van der Waals surface area contributed by atoms with Crippen LogP contribution in [0.5, 0.6) is 5.75 Å². The van der Waals surface area contributed by atoms with Crippen LogP contribution in [0.15, 0.2) is 88.2 Å². The molecule has 0 aromatic heterocycles. The molecule has 0 bridgehead atoms. The summed E-state index contributed by atoms with van der Waals surface area (Å²) in [5.41, 5.74) is 2.44. The van der Waals surface area contributed by atoms with Gasteiger partial charge in [0.05, 0.1) is 15.6 Å².